The van der Waals surface area contributed by atoms with E-state index in [-0.39, 0.29) is 11.0 Å². The second-order valence-electron chi connectivity index (χ2n) is 9.78. The molecule has 1 amide bonds. The molecule has 2 rings (SSSR count). The highest BCUT2D eigenvalue weighted by atomic mass is 32.1. The van der Waals surface area contributed by atoms with Gasteiger partial charge in [-0.1, -0.05) is 54.9 Å². The van der Waals surface area contributed by atoms with Crippen LogP contribution in [0.15, 0.2) is 16.2 Å². The number of hydrogen-bond donors (Lipinski definition) is 2. The molecule has 1 unspecified atom stereocenters. The zero-order valence-corrected chi connectivity index (χ0v) is 19.4. The van der Waals surface area contributed by atoms with Gasteiger partial charge in [-0.25, -0.2) is 4.79 Å². The third kappa shape index (κ3) is 5.53. The number of thiophene rings is 1. The van der Waals surface area contributed by atoms with Crippen molar-refractivity contribution in [3.05, 3.63) is 27.5 Å². The second kappa shape index (κ2) is 8.78. The Kier molecular flexibility index (Phi) is 7.04. The minimum absolute atomic E-state index is 0.0933. The quantitative estimate of drug-likeness (QED) is 0.566. The Morgan fingerprint density at radius 1 is 1.28 bits per heavy atom. The summed E-state index contributed by atoms with van der Waals surface area (Å²) in [4.78, 5) is 25.1. The molecule has 0 aliphatic heterocycles. The number of carboxylic acid groups (broad SMARTS) is 1. The molecule has 6 nitrogen and oxygen atoms in total. The Balaban J connectivity index is 2.88. The van der Waals surface area contributed by atoms with Crippen LogP contribution < -0.4 is 15.6 Å². The maximum atomic E-state index is 13.4. The summed E-state index contributed by atoms with van der Waals surface area (Å²) in [6, 6.07) is 1.30. The van der Waals surface area contributed by atoms with Gasteiger partial charge in [0.15, 0.2) is 0 Å². The van der Waals surface area contributed by atoms with Gasteiger partial charge in [-0.3, -0.25) is 4.79 Å². The van der Waals surface area contributed by atoms with Crippen molar-refractivity contribution < 1.29 is 14.6 Å². The van der Waals surface area contributed by atoms with Crippen molar-refractivity contribution in [2.45, 2.75) is 73.9 Å². The molecule has 2 aromatic rings. The van der Waals surface area contributed by atoms with E-state index in [1.165, 1.54) is 11.3 Å². The van der Waals surface area contributed by atoms with Gasteiger partial charge in [-0.05, 0) is 28.7 Å². The van der Waals surface area contributed by atoms with Gasteiger partial charge in [0, 0.05) is 11.9 Å². The normalized spacial score (nSPS) is 13.5. The van der Waals surface area contributed by atoms with E-state index in [1.54, 1.807) is 4.57 Å². The molecule has 0 saturated heterocycles. The van der Waals surface area contributed by atoms with Gasteiger partial charge in [-0.15, -0.1) is 11.3 Å². The molecule has 1 atom stereocenters. The number of rotatable bonds is 7. The number of fused-ring (bicyclic) bond motifs is 1. The van der Waals surface area contributed by atoms with Gasteiger partial charge in [0.25, 0.3) is 5.56 Å². The summed E-state index contributed by atoms with van der Waals surface area (Å²) in [6.07, 6.45) is 0.750. The number of carbonyl (C=O) groups is 1. The SMILES string of the molecule is CCCCOc1c(C(NC(=O)O)C(C)(C)C)n(CC(C)(C)C)c(=O)c2sccc12. The van der Waals surface area contributed by atoms with Gasteiger partial charge < -0.3 is 19.7 Å². The molecule has 162 valence electrons. The highest BCUT2D eigenvalue weighted by Gasteiger charge is 2.35. The van der Waals surface area contributed by atoms with Gasteiger partial charge in [0.05, 0.1) is 18.3 Å². The van der Waals surface area contributed by atoms with Crippen LogP contribution in [0, 0.1) is 10.8 Å². The van der Waals surface area contributed by atoms with Crippen LogP contribution in [-0.2, 0) is 6.54 Å². The Labute approximate surface area is 176 Å². The van der Waals surface area contributed by atoms with Crippen LogP contribution in [0.2, 0.25) is 0 Å². The topological polar surface area (TPSA) is 80.6 Å². The van der Waals surface area contributed by atoms with E-state index in [0.29, 0.717) is 29.3 Å². The molecule has 0 bridgehead atoms. The van der Waals surface area contributed by atoms with Crippen molar-refractivity contribution in [2.24, 2.45) is 10.8 Å². The van der Waals surface area contributed by atoms with Gasteiger partial charge >= 0.3 is 6.09 Å². The number of amides is 1. The van der Waals surface area contributed by atoms with E-state index in [4.69, 9.17) is 4.74 Å². The number of aromatic nitrogens is 1. The Hall–Kier alpha value is -2.02. The molecule has 7 heteroatoms. The van der Waals surface area contributed by atoms with Crippen LogP contribution in [0.1, 0.15) is 73.0 Å². The average Bonchev–Trinajstić information content (AvgIpc) is 3.05. The number of unbranched alkanes of at least 4 members (excludes halogenated alkanes) is 1. The van der Waals surface area contributed by atoms with Crippen molar-refractivity contribution in [3.8, 4) is 5.75 Å². The molecule has 0 saturated carbocycles. The van der Waals surface area contributed by atoms with Crippen molar-refractivity contribution in [3.63, 3.8) is 0 Å². The van der Waals surface area contributed by atoms with Crippen LogP contribution >= 0.6 is 11.3 Å². The first-order valence-corrected chi connectivity index (χ1v) is 11.0. The molecule has 29 heavy (non-hydrogen) atoms. The number of ether oxygens (including phenoxy) is 1. The van der Waals surface area contributed by atoms with Gasteiger partial charge in [0.2, 0.25) is 0 Å². The number of pyridine rings is 1. The second-order valence-corrected chi connectivity index (χ2v) is 10.7. The molecule has 0 radical (unpaired) electrons. The van der Waals surface area contributed by atoms with E-state index in [2.05, 4.69) is 33.0 Å². The largest absolute Gasteiger partial charge is 0.491 e. The van der Waals surface area contributed by atoms with Crippen LogP contribution in [0.5, 0.6) is 5.75 Å². The van der Waals surface area contributed by atoms with E-state index in [0.717, 1.165) is 18.2 Å². The standard InChI is InChI=1S/C22H34N2O4S/c1-8-9-11-28-16-14-10-12-29-17(14)19(25)24(13-21(2,3)4)15(16)18(22(5,6)7)23-20(26)27/h10,12,18,23H,8-9,11,13H2,1-7H3,(H,26,27). The Morgan fingerprint density at radius 2 is 1.93 bits per heavy atom. The molecule has 2 aromatic heterocycles. The lowest BCUT2D eigenvalue weighted by molar-refractivity contribution is 0.169. The molecule has 0 spiro atoms. The first-order valence-electron chi connectivity index (χ1n) is 10.1. The van der Waals surface area contributed by atoms with Crippen LogP contribution in [0.3, 0.4) is 0 Å². The summed E-state index contributed by atoms with van der Waals surface area (Å²) in [5.41, 5.74) is -0.113. The Morgan fingerprint density at radius 3 is 2.45 bits per heavy atom. The van der Waals surface area contributed by atoms with Crippen LogP contribution in [-0.4, -0.2) is 22.4 Å². The molecular formula is C22H34N2O4S. The van der Waals surface area contributed by atoms with Gasteiger partial charge in [0.1, 0.15) is 10.4 Å². The zero-order valence-electron chi connectivity index (χ0n) is 18.6. The van der Waals surface area contributed by atoms with Crippen LogP contribution in [0.25, 0.3) is 10.1 Å². The fourth-order valence-corrected chi connectivity index (χ4v) is 4.19. The predicted molar refractivity (Wildman–Crippen MR) is 119 cm³/mol. The summed E-state index contributed by atoms with van der Waals surface area (Å²) >= 11 is 1.40. The third-order valence-corrected chi connectivity index (χ3v) is 5.56. The fourth-order valence-electron chi connectivity index (χ4n) is 3.35. The van der Waals surface area contributed by atoms with Crippen molar-refractivity contribution in [2.75, 3.05) is 6.61 Å². The number of nitrogens with zero attached hydrogens (tertiary/aromatic N) is 1. The summed E-state index contributed by atoms with van der Waals surface area (Å²) in [6.45, 7) is 15.2. The zero-order chi connectivity index (χ0) is 22.0. The highest BCUT2D eigenvalue weighted by molar-refractivity contribution is 7.17. The average molecular weight is 423 g/mol. The summed E-state index contributed by atoms with van der Waals surface area (Å²) in [5, 5.41) is 14.9. The number of hydrogen-bond acceptors (Lipinski definition) is 4. The molecule has 0 aliphatic rings. The lowest BCUT2D eigenvalue weighted by Crippen LogP contribution is -2.41. The first kappa shape index (κ1) is 23.3. The van der Waals surface area contributed by atoms with Crippen molar-refractivity contribution in [1.29, 1.82) is 0 Å². The molecule has 0 aliphatic carbocycles. The maximum Gasteiger partial charge on any atom is 0.405 e. The van der Waals surface area contributed by atoms with Crippen molar-refractivity contribution in [1.82, 2.24) is 9.88 Å². The third-order valence-electron chi connectivity index (χ3n) is 4.66. The molecule has 2 heterocycles. The van der Waals surface area contributed by atoms with Gasteiger partial charge in [-0.2, -0.15) is 0 Å². The lowest BCUT2D eigenvalue weighted by Gasteiger charge is -2.35. The maximum absolute atomic E-state index is 13.4. The minimum Gasteiger partial charge on any atom is -0.491 e. The summed E-state index contributed by atoms with van der Waals surface area (Å²) in [7, 11) is 0. The lowest BCUT2D eigenvalue weighted by atomic mass is 9.83. The minimum atomic E-state index is -1.12. The highest BCUT2D eigenvalue weighted by Crippen LogP contribution is 2.42. The summed E-state index contributed by atoms with van der Waals surface area (Å²) < 4.78 is 8.61. The Bertz CT molecular complexity index is 916. The molecule has 0 aromatic carbocycles. The monoisotopic (exact) mass is 422 g/mol. The fraction of sp³-hybridized carbons (Fsp3) is 0.636. The summed E-state index contributed by atoms with van der Waals surface area (Å²) in [5.74, 6) is 0.618. The van der Waals surface area contributed by atoms with E-state index >= 15 is 0 Å². The molecule has 0 fully saturated rings. The van der Waals surface area contributed by atoms with E-state index in [1.807, 2.05) is 32.2 Å². The smallest absolute Gasteiger partial charge is 0.405 e. The number of nitrogens with one attached hydrogen (secondary N) is 1. The van der Waals surface area contributed by atoms with Crippen LogP contribution in [0.4, 0.5) is 4.79 Å². The van der Waals surface area contributed by atoms with E-state index < -0.39 is 17.6 Å². The molecular weight excluding hydrogens is 388 g/mol. The van der Waals surface area contributed by atoms with E-state index in [9.17, 15) is 14.7 Å². The first-order chi connectivity index (χ1) is 13.4. The van der Waals surface area contributed by atoms with Crippen molar-refractivity contribution >= 4 is 27.5 Å². The predicted octanol–water partition coefficient (Wildman–Crippen LogP) is 5.64. The molecule has 2 N–H and O–H groups in total.